The van der Waals surface area contributed by atoms with E-state index in [1.807, 2.05) is 0 Å². The third kappa shape index (κ3) is 3.33. The molecular weight excluding hydrogens is 317 g/mol. The van der Waals surface area contributed by atoms with E-state index >= 15 is 0 Å². The van der Waals surface area contributed by atoms with Crippen LogP contribution in [0.4, 0.5) is 13.2 Å². The van der Waals surface area contributed by atoms with Gasteiger partial charge in [-0.15, -0.1) is 0 Å². The van der Waals surface area contributed by atoms with Gasteiger partial charge in [0, 0.05) is 0 Å². The van der Waals surface area contributed by atoms with Crippen molar-refractivity contribution in [2.75, 3.05) is 14.2 Å². The molecule has 1 aromatic heterocycles. The molecule has 0 fully saturated rings. The average Bonchev–Trinajstić information content (AvgIpc) is 2.53. The lowest BCUT2D eigenvalue weighted by molar-refractivity contribution is -0.137. The van der Waals surface area contributed by atoms with E-state index in [4.69, 9.17) is 4.74 Å². The number of hydrogen-bond acceptors (Lipinski definition) is 5. The van der Waals surface area contributed by atoms with Crippen molar-refractivity contribution >= 4 is 5.97 Å². The second-order valence-electron chi connectivity index (χ2n) is 4.35. The Balaban J connectivity index is 2.65. The molecule has 2 aromatic rings. The van der Waals surface area contributed by atoms with Crippen molar-refractivity contribution in [3.63, 3.8) is 0 Å². The molecule has 0 saturated heterocycles. The van der Waals surface area contributed by atoms with Gasteiger partial charge in [0.15, 0.2) is 5.75 Å². The summed E-state index contributed by atoms with van der Waals surface area (Å²) < 4.78 is 48.3. The van der Waals surface area contributed by atoms with Gasteiger partial charge in [-0.2, -0.15) is 23.0 Å². The average molecular weight is 328 g/mol. The van der Waals surface area contributed by atoms with Gasteiger partial charge in [0.05, 0.1) is 31.5 Å². The van der Waals surface area contributed by atoms with Crippen LogP contribution in [0.15, 0.2) is 35.1 Å². The lowest BCUT2D eigenvalue weighted by atomic mass is 10.2. The lowest BCUT2D eigenvalue weighted by Crippen LogP contribution is -2.24. The van der Waals surface area contributed by atoms with E-state index in [0.717, 1.165) is 31.4 Å². The molecule has 2 rings (SSSR count). The molecule has 23 heavy (non-hydrogen) atoms. The summed E-state index contributed by atoms with van der Waals surface area (Å²) >= 11 is 0. The van der Waals surface area contributed by atoms with Crippen LogP contribution in [0.25, 0.3) is 5.69 Å². The van der Waals surface area contributed by atoms with Gasteiger partial charge in [-0.05, 0) is 18.2 Å². The zero-order valence-electron chi connectivity index (χ0n) is 12.0. The van der Waals surface area contributed by atoms with Gasteiger partial charge < -0.3 is 9.47 Å². The summed E-state index contributed by atoms with van der Waals surface area (Å²) in [6.07, 6.45) is -4.57. The Kier molecular flexibility index (Phi) is 4.39. The quantitative estimate of drug-likeness (QED) is 0.807. The number of aromatic nitrogens is 2. The van der Waals surface area contributed by atoms with Crippen LogP contribution >= 0.6 is 0 Å². The molecule has 122 valence electrons. The van der Waals surface area contributed by atoms with E-state index in [0.29, 0.717) is 4.68 Å². The fraction of sp³-hybridized carbons (Fsp3) is 0.214. The van der Waals surface area contributed by atoms with Crippen LogP contribution in [0.2, 0.25) is 0 Å². The van der Waals surface area contributed by atoms with E-state index in [-0.39, 0.29) is 17.1 Å². The summed E-state index contributed by atoms with van der Waals surface area (Å²) in [5.74, 6) is -1.02. The van der Waals surface area contributed by atoms with Crippen molar-refractivity contribution in [2.24, 2.45) is 0 Å². The highest BCUT2D eigenvalue weighted by Gasteiger charge is 2.30. The first kappa shape index (κ1) is 16.5. The molecular formula is C14H11F3N2O4. The van der Waals surface area contributed by atoms with Crippen molar-refractivity contribution in [2.45, 2.75) is 6.18 Å². The standard InChI is InChI=1S/C14H11F3N2O4/c1-22-10-7-11(20)19(18-12(10)13(21)23-2)9-5-3-4-8(6-9)14(15,16)17/h3-7H,1-2H3. The minimum absolute atomic E-state index is 0.134. The summed E-state index contributed by atoms with van der Waals surface area (Å²) in [5, 5.41) is 3.74. The van der Waals surface area contributed by atoms with Crippen molar-refractivity contribution in [3.8, 4) is 11.4 Å². The molecule has 0 spiro atoms. The van der Waals surface area contributed by atoms with Crippen molar-refractivity contribution in [1.29, 1.82) is 0 Å². The molecule has 0 aliphatic carbocycles. The lowest BCUT2D eigenvalue weighted by Gasteiger charge is -2.12. The van der Waals surface area contributed by atoms with E-state index in [9.17, 15) is 22.8 Å². The number of halogens is 3. The molecule has 9 heteroatoms. The first-order chi connectivity index (χ1) is 10.8. The van der Waals surface area contributed by atoms with Gasteiger partial charge in [0.1, 0.15) is 0 Å². The van der Waals surface area contributed by atoms with Gasteiger partial charge in [-0.1, -0.05) is 6.07 Å². The third-order valence-electron chi connectivity index (χ3n) is 2.91. The molecule has 0 atom stereocenters. The highest BCUT2D eigenvalue weighted by Crippen LogP contribution is 2.30. The SMILES string of the molecule is COC(=O)c1nn(-c2cccc(C(F)(F)F)c2)c(=O)cc1OC. The predicted octanol–water partition coefficient (Wildman–Crippen LogP) is 2.05. The molecule has 0 N–H and O–H groups in total. The van der Waals surface area contributed by atoms with E-state index in [1.54, 1.807) is 0 Å². The van der Waals surface area contributed by atoms with Gasteiger partial charge in [0.2, 0.25) is 5.69 Å². The number of nitrogens with zero attached hydrogens (tertiary/aromatic N) is 2. The number of methoxy groups -OCH3 is 2. The molecule has 0 radical (unpaired) electrons. The highest BCUT2D eigenvalue weighted by atomic mass is 19.4. The second kappa shape index (κ2) is 6.11. The fourth-order valence-corrected chi connectivity index (χ4v) is 1.83. The van der Waals surface area contributed by atoms with Crippen molar-refractivity contribution in [1.82, 2.24) is 9.78 Å². The van der Waals surface area contributed by atoms with Crippen LogP contribution in [-0.4, -0.2) is 30.0 Å². The summed E-state index contributed by atoms with van der Waals surface area (Å²) in [4.78, 5) is 23.7. The molecule has 0 aliphatic rings. The maximum atomic E-state index is 12.8. The Labute approximate surface area is 128 Å². The Morgan fingerprint density at radius 3 is 2.48 bits per heavy atom. The first-order valence-electron chi connectivity index (χ1n) is 6.22. The maximum Gasteiger partial charge on any atom is 0.416 e. The summed E-state index contributed by atoms with van der Waals surface area (Å²) in [5.41, 5.74) is -2.17. The van der Waals surface area contributed by atoms with E-state index in [2.05, 4.69) is 9.84 Å². The van der Waals surface area contributed by atoms with Gasteiger partial charge in [0.25, 0.3) is 5.56 Å². The molecule has 1 aromatic carbocycles. The third-order valence-corrected chi connectivity index (χ3v) is 2.91. The maximum absolute atomic E-state index is 12.8. The number of carbonyl (C=O) groups excluding carboxylic acids is 1. The number of esters is 1. The number of benzene rings is 1. The number of carbonyl (C=O) groups is 1. The van der Waals surface area contributed by atoms with Gasteiger partial charge in [-0.3, -0.25) is 4.79 Å². The summed E-state index contributed by atoms with van der Waals surface area (Å²) in [6.45, 7) is 0. The molecule has 6 nitrogen and oxygen atoms in total. The van der Waals surface area contributed by atoms with Crippen LogP contribution in [0.3, 0.4) is 0 Å². The van der Waals surface area contributed by atoms with Crippen LogP contribution in [0, 0.1) is 0 Å². The number of alkyl halides is 3. The van der Waals surface area contributed by atoms with Crippen LogP contribution in [-0.2, 0) is 10.9 Å². The van der Waals surface area contributed by atoms with Gasteiger partial charge in [-0.25, -0.2) is 4.79 Å². The molecule has 1 heterocycles. The monoisotopic (exact) mass is 328 g/mol. The Bertz CT molecular complexity index is 799. The van der Waals surface area contributed by atoms with Crippen LogP contribution < -0.4 is 10.3 Å². The normalized spacial score (nSPS) is 11.2. The fourth-order valence-electron chi connectivity index (χ4n) is 1.83. The van der Waals surface area contributed by atoms with Crippen molar-refractivity contribution < 1.29 is 27.4 Å². The summed E-state index contributed by atoms with van der Waals surface area (Å²) in [7, 11) is 2.32. The molecule has 0 amide bonds. The largest absolute Gasteiger partial charge is 0.494 e. The van der Waals surface area contributed by atoms with Gasteiger partial charge >= 0.3 is 12.1 Å². The Morgan fingerprint density at radius 1 is 1.22 bits per heavy atom. The minimum atomic E-state index is -4.57. The topological polar surface area (TPSA) is 70.4 Å². The number of hydrogen-bond donors (Lipinski definition) is 0. The molecule has 0 saturated carbocycles. The zero-order chi connectivity index (χ0) is 17.2. The molecule has 0 bridgehead atoms. The number of rotatable bonds is 3. The minimum Gasteiger partial charge on any atom is -0.494 e. The molecule has 0 unspecified atom stereocenters. The Hall–Kier alpha value is -2.84. The summed E-state index contributed by atoms with van der Waals surface area (Å²) in [6, 6.07) is 4.95. The Morgan fingerprint density at radius 2 is 1.91 bits per heavy atom. The van der Waals surface area contributed by atoms with Crippen molar-refractivity contribution in [3.05, 3.63) is 51.9 Å². The smallest absolute Gasteiger partial charge is 0.416 e. The van der Waals surface area contributed by atoms with Crippen LogP contribution in [0.1, 0.15) is 16.1 Å². The van der Waals surface area contributed by atoms with E-state index in [1.165, 1.54) is 13.2 Å². The number of ether oxygens (including phenoxy) is 2. The molecule has 0 aliphatic heterocycles. The zero-order valence-corrected chi connectivity index (χ0v) is 12.0. The van der Waals surface area contributed by atoms with Crippen LogP contribution in [0.5, 0.6) is 5.75 Å². The predicted molar refractivity (Wildman–Crippen MR) is 72.7 cm³/mol. The highest BCUT2D eigenvalue weighted by molar-refractivity contribution is 5.89. The second-order valence-corrected chi connectivity index (χ2v) is 4.35. The van der Waals surface area contributed by atoms with E-state index < -0.39 is 23.3 Å². The first-order valence-corrected chi connectivity index (χ1v) is 6.22.